The first kappa shape index (κ1) is 18.1. The highest BCUT2D eigenvalue weighted by Gasteiger charge is 2.19. The Bertz CT molecular complexity index is 1360. The number of benzene rings is 3. The molecule has 1 amide bonds. The van der Waals surface area contributed by atoms with Crippen LogP contribution in [0.2, 0.25) is 0 Å². The van der Waals surface area contributed by atoms with Gasteiger partial charge < -0.3 is 5.73 Å². The SMILES string of the molecule is CCc1ccc2ccc3c(C(N)=O)nn(-c4cccc(S(N)(=O)=O)c4)c3c2c1. The van der Waals surface area contributed by atoms with Gasteiger partial charge in [0.25, 0.3) is 5.91 Å². The van der Waals surface area contributed by atoms with Crippen molar-refractivity contribution in [2.45, 2.75) is 18.2 Å². The molecule has 7 nitrogen and oxygen atoms in total. The molecule has 0 radical (unpaired) electrons. The van der Waals surface area contributed by atoms with Gasteiger partial charge in [-0.05, 0) is 47.7 Å². The second kappa shape index (κ2) is 6.43. The molecule has 0 bridgehead atoms. The number of carbonyl (C=O) groups is 1. The molecule has 1 heterocycles. The summed E-state index contributed by atoms with van der Waals surface area (Å²) < 4.78 is 25.1. The lowest BCUT2D eigenvalue weighted by Crippen LogP contribution is -2.13. The number of nitrogens with zero attached hydrogens (tertiary/aromatic N) is 2. The topological polar surface area (TPSA) is 121 Å². The summed E-state index contributed by atoms with van der Waals surface area (Å²) in [6.07, 6.45) is 0.851. The molecule has 4 rings (SSSR count). The smallest absolute Gasteiger partial charge is 0.269 e. The van der Waals surface area contributed by atoms with E-state index in [1.807, 2.05) is 24.3 Å². The molecular formula is C20H18N4O3S. The van der Waals surface area contributed by atoms with Gasteiger partial charge in [0.15, 0.2) is 5.69 Å². The van der Waals surface area contributed by atoms with Crippen LogP contribution in [0.1, 0.15) is 23.0 Å². The van der Waals surface area contributed by atoms with Gasteiger partial charge in [-0.25, -0.2) is 18.2 Å². The highest BCUT2D eigenvalue weighted by molar-refractivity contribution is 7.89. The molecule has 0 spiro atoms. The zero-order valence-electron chi connectivity index (χ0n) is 15.1. The number of aromatic nitrogens is 2. The van der Waals surface area contributed by atoms with E-state index in [0.717, 1.165) is 22.8 Å². The normalized spacial score (nSPS) is 11.9. The minimum Gasteiger partial charge on any atom is -0.364 e. The Kier molecular flexibility index (Phi) is 4.17. The fourth-order valence-corrected chi connectivity index (χ4v) is 3.91. The van der Waals surface area contributed by atoms with E-state index >= 15 is 0 Å². The quantitative estimate of drug-likeness (QED) is 0.552. The van der Waals surface area contributed by atoms with Crippen LogP contribution in [0.5, 0.6) is 0 Å². The van der Waals surface area contributed by atoms with Crippen LogP contribution < -0.4 is 10.9 Å². The van der Waals surface area contributed by atoms with E-state index in [0.29, 0.717) is 16.6 Å². The third-order valence-electron chi connectivity index (χ3n) is 4.76. The van der Waals surface area contributed by atoms with Gasteiger partial charge in [-0.15, -0.1) is 0 Å². The van der Waals surface area contributed by atoms with Crippen molar-refractivity contribution in [3.05, 3.63) is 65.9 Å². The van der Waals surface area contributed by atoms with Crippen molar-refractivity contribution in [3.8, 4) is 5.69 Å². The van der Waals surface area contributed by atoms with Crippen molar-refractivity contribution in [2.75, 3.05) is 0 Å². The van der Waals surface area contributed by atoms with Crippen LogP contribution in [-0.4, -0.2) is 24.1 Å². The van der Waals surface area contributed by atoms with Crippen LogP contribution in [0.3, 0.4) is 0 Å². The summed E-state index contributed by atoms with van der Waals surface area (Å²) >= 11 is 0. The van der Waals surface area contributed by atoms with Gasteiger partial charge in [0.05, 0.1) is 16.1 Å². The number of rotatable bonds is 4. The summed E-state index contributed by atoms with van der Waals surface area (Å²) in [4.78, 5) is 11.9. The standard InChI is InChI=1S/C20H18N4O3S/c1-2-12-6-7-13-8-9-16-18(20(21)25)23-24(19(16)17(13)10-12)14-4-3-5-15(11-14)28(22,26)27/h3-11H,2H2,1H3,(H2,21,25)(H2,22,26,27). The van der Waals surface area contributed by atoms with E-state index in [2.05, 4.69) is 12.0 Å². The Labute approximate surface area is 161 Å². The van der Waals surface area contributed by atoms with E-state index < -0.39 is 15.9 Å². The third-order valence-corrected chi connectivity index (χ3v) is 5.67. The molecule has 1 aromatic heterocycles. The Morgan fingerprint density at radius 3 is 2.50 bits per heavy atom. The Morgan fingerprint density at radius 2 is 1.82 bits per heavy atom. The van der Waals surface area contributed by atoms with Crippen molar-refractivity contribution in [1.29, 1.82) is 0 Å². The molecular weight excluding hydrogens is 376 g/mol. The molecule has 0 aliphatic heterocycles. The molecule has 0 saturated carbocycles. The van der Waals surface area contributed by atoms with Crippen LogP contribution in [0.25, 0.3) is 27.4 Å². The second-order valence-corrected chi connectivity index (χ2v) is 8.10. The van der Waals surface area contributed by atoms with E-state index in [4.69, 9.17) is 10.9 Å². The minimum atomic E-state index is -3.88. The number of carbonyl (C=O) groups excluding carboxylic acids is 1. The monoisotopic (exact) mass is 394 g/mol. The molecule has 0 atom stereocenters. The molecule has 0 fully saturated rings. The Morgan fingerprint density at radius 1 is 1.07 bits per heavy atom. The van der Waals surface area contributed by atoms with Gasteiger partial charge in [0.2, 0.25) is 10.0 Å². The average molecular weight is 394 g/mol. The minimum absolute atomic E-state index is 0.0382. The summed E-state index contributed by atoms with van der Waals surface area (Å²) in [5.74, 6) is -0.655. The van der Waals surface area contributed by atoms with E-state index in [1.54, 1.807) is 22.9 Å². The third kappa shape index (κ3) is 2.92. The first-order valence-corrected chi connectivity index (χ1v) is 10.2. The molecule has 0 aliphatic rings. The van der Waals surface area contributed by atoms with Gasteiger partial charge in [0.1, 0.15) is 0 Å². The van der Waals surface area contributed by atoms with Crippen molar-refractivity contribution in [2.24, 2.45) is 10.9 Å². The van der Waals surface area contributed by atoms with E-state index in [1.165, 1.54) is 12.1 Å². The molecule has 0 aliphatic carbocycles. The maximum absolute atomic E-state index is 12.0. The van der Waals surface area contributed by atoms with Crippen molar-refractivity contribution in [1.82, 2.24) is 9.78 Å². The van der Waals surface area contributed by atoms with Crippen LogP contribution in [0.15, 0.2) is 59.5 Å². The molecule has 8 heteroatoms. The number of primary sulfonamides is 1. The molecule has 4 aromatic rings. The first-order chi connectivity index (χ1) is 13.3. The number of fused-ring (bicyclic) bond motifs is 3. The predicted octanol–water partition coefficient (Wildman–Crippen LogP) is 2.49. The van der Waals surface area contributed by atoms with Crippen molar-refractivity contribution >= 4 is 37.6 Å². The summed E-state index contributed by atoms with van der Waals surface area (Å²) in [6.45, 7) is 2.06. The van der Waals surface area contributed by atoms with Crippen LogP contribution in [-0.2, 0) is 16.4 Å². The van der Waals surface area contributed by atoms with Gasteiger partial charge in [0, 0.05) is 10.8 Å². The Balaban J connectivity index is 2.13. The zero-order valence-corrected chi connectivity index (χ0v) is 15.9. The molecule has 4 N–H and O–H groups in total. The molecule has 0 saturated heterocycles. The van der Waals surface area contributed by atoms with E-state index in [-0.39, 0.29) is 10.6 Å². The zero-order chi connectivity index (χ0) is 20.1. The second-order valence-electron chi connectivity index (χ2n) is 6.54. The van der Waals surface area contributed by atoms with Crippen molar-refractivity contribution in [3.63, 3.8) is 0 Å². The van der Waals surface area contributed by atoms with Crippen molar-refractivity contribution < 1.29 is 13.2 Å². The average Bonchev–Trinajstić information content (AvgIpc) is 3.07. The molecule has 3 aromatic carbocycles. The summed E-state index contributed by atoms with van der Waals surface area (Å²) in [5.41, 5.74) is 7.95. The lowest BCUT2D eigenvalue weighted by atomic mass is 10.0. The van der Waals surface area contributed by atoms with Crippen LogP contribution in [0.4, 0.5) is 0 Å². The van der Waals surface area contributed by atoms with Gasteiger partial charge in [-0.1, -0.05) is 31.2 Å². The highest BCUT2D eigenvalue weighted by Crippen LogP contribution is 2.31. The number of nitrogens with two attached hydrogens (primary N) is 2. The summed E-state index contributed by atoms with van der Waals surface area (Å²) in [5, 5.41) is 12.1. The first-order valence-electron chi connectivity index (χ1n) is 8.67. The Hall–Kier alpha value is -3.23. The summed E-state index contributed by atoms with van der Waals surface area (Å²) in [6, 6.07) is 15.9. The maximum Gasteiger partial charge on any atom is 0.269 e. The number of hydrogen-bond acceptors (Lipinski definition) is 4. The largest absolute Gasteiger partial charge is 0.364 e. The molecule has 28 heavy (non-hydrogen) atoms. The highest BCUT2D eigenvalue weighted by atomic mass is 32.2. The fraction of sp³-hybridized carbons (Fsp3) is 0.100. The molecule has 142 valence electrons. The van der Waals surface area contributed by atoms with Gasteiger partial charge in [-0.2, -0.15) is 5.10 Å². The van der Waals surface area contributed by atoms with Gasteiger partial charge >= 0.3 is 0 Å². The summed E-state index contributed by atoms with van der Waals surface area (Å²) in [7, 11) is -3.88. The number of primary amides is 1. The van der Waals surface area contributed by atoms with Gasteiger partial charge in [-0.3, -0.25) is 4.79 Å². The number of hydrogen-bond donors (Lipinski definition) is 2. The lowest BCUT2D eigenvalue weighted by molar-refractivity contribution is 0.0996. The number of amides is 1. The van der Waals surface area contributed by atoms with E-state index in [9.17, 15) is 13.2 Å². The predicted molar refractivity (Wildman–Crippen MR) is 108 cm³/mol. The van der Waals surface area contributed by atoms with Crippen LogP contribution in [0, 0.1) is 0 Å². The fourth-order valence-electron chi connectivity index (χ4n) is 3.36. The number of sulfonamides is 1. The maximum atomic E-state index is 12.0. The number of aryl methyl sites for hydroxylation is 1. The molecule has 0 unspecified atom stereocenters. The lowest BCUT2D eigenvalue weighted by Gasteiger charge is -2.09. The van der Waals surface area contributed by atoms with Crippen LogP contribution >= 0.6 is 0 Å².